The van der Waals surface area contributed by atoms with E-state index in [-0.39, 0.29) is 6.10 Å². The van der Waals surface area contributed by atoms with Crippen LogP contribution in [0.1, 0.15) is 39.0 Å². The molecular formula is C12H20O2. The molecule has 80 valence electrons. The highest BCUT2D eigenvalue weighted by molar-refractivity contribution is 5.05. The van der Waals surface area contributed by atoms with Crippen molar-refractivity contribution in [3.05, 3.63) is 11.8 Å². The van der Waals surface area contributed by atoms with E-state index >= 15 is 0 Å². The minimum absolute atomic E-state index is 0.333. The Bertz CT molecular complexity index is 222. The van der Waals surface area contributed by atoms with Gasteiger partial charge in [-0.2, -0.15) is 0 Å². The van der Waals surface area contributed by atoms with Crippen molar-refractivity contribution in [3.63, 3.8) is 0 Å². The fraction of sp³-hybridized carbons (Fsp3) is 0.833. The van der Waals surface area contributed by atoms with Crippen LogP contribution in [0.5, 0.6) is 0 Å². The largest absolute Gasteiger partial charge is 0.495 e. The molecule has 0 saturated heterocycles. The van der Waals surface area contributed by atoms with Crippen LogP contribution in [0.3, 0.4) is 0 Å². The average molecular weight is 196 g/mol. The molecule has 3 atom stereocenters. The maximum atomic E-state index is 10.1. The van der Waals surface area contributed by atoms with Crippen LogP contribution >= 0.6 is 0 Å². The summed E-state index contributed by atoms with van der Waals surface area (Å²) in [6, 6.07) is 0. The molecule has 2 nitrogen and oxygen atoms in total. The second-order valence-electron chi connectivity index (χ2n) is 4.72. The summed E-state index contributed by atoms with van der Waals surface area (Å²) in [7, 11) is 0. The summed E-state index contributed by atoms with van der Waals surface area (Å²) < 4.78 is 5.50. The standard InChI is InChI=1S/C12H20O2/c1-9-5-6-10(8-9)12(13)11-4-2-3-7-14-11/h4,9-10,12-13H,2-3,5-8H2,1H3. The summed E-state index contributed by atoms with van der Waals surface area (Å²) in [6.07, 6.45) is 7.46. The van der Waals surface area contributed by atoms with Crippen molar-refractivity contribution < 1.29 is 9.84 Å². The summed E-state index contributed by atoms with van der Waals surface area (Å²) in [6.45, 7) is 3.05. The highest BCUT2D eigenvalue weighted by atomic mass is 16.5. The zero-order chi connectivity index (χ0) is 9.97. The smallest absolute Gasteiger partial charge is 0.121 e. The van der Waals surface area contributed by atoms with Gasteiger partial charge in [0.25, 0.3) is 0 Å². The van der Waals surface area contributed by atoms with Crippen LogP contribution in [0.15, 0.2) is 11.8 Å². The predicted molar refractivity (Wildman–Crippen MR) is 55.8 cm³/mol. The number of hydrogen-bond acceptors (Lipinski definition) is 2. The normalized spacial score (nSPS) is 34.9. The first kappa shape index (κ1) is 10.0. The van der Waals surface area contributed by atoms with E-state index < -0.39 is 0 Å². The van der Waals surface area contributed by atoms with Gasteiger partial charge in [-0.15, -0.1) is 0 Å². The van der Waals surface area contributed by atoms with Crippen molar-refractivity contribution in [2.75, 3.05) is 6.61 Å². The minimum Gasteiger partial charge on any atom is -0.495 e. The maximum Gasteiger partial charge on any atom is 0.121 e. The lowest BCUT2D eigenvalue weighted by atomic mass is 9.97. The SMILES string of the molecule is CC1CCC(C(O)C2=CCCCO2)C1. The molecule has 1 aliphatic heterocycles. The lowest BCUT2D eigenvalue weighted by Gasteiger charge is -2.24. The summed E-state index contributed by atoms with van der Waals surface area (Å²) in [5, 5.41) is 10.1. The quantitative estimate of drug-likeness (QED) is 0.735. The van der Waals surface area contributed by atoms with E-state index in [0.29, 0.717) is 5.92 Å². The third-order valence-electron chi connectivity index (χ3n) is 3.44. The molecule has 2 heteroatoms. The molecule has 0 aromatic heterocycles. The van der Waals surface area contributed by atoms with E-state index in [1.165, 1.54) is 6.42 Å². The Morgan fingerprint density at radius 2 is 2.36 bits per heavy atom. The third kappa shape index (κ3) is 2.11. The fourth-order valence-corrected chi connectivity index (χ4v) is 2.55. The van der Waals surface area contributed by atoms with Crippen molar-refractivity contribution in [3.8, 4) is 0 Å². The molecule has 2 rings (SSSR count). The Balaban J connectivity index is 1.93. The molecule has 0 radical (unpaired) electrons. The molecule has 0 spiro atoms. The first-order chi connectivity index (χ1) is 6.77. The molecule has 0 aromatic rings. The molecule has 0 amide bonds. The van der Waals surface area contributed by atoms with Gasteiger partial charge in [-0.3, -0.25) is 0 Å². The first-order valence-corrected chi connectivity index (χ1v) is 5.78. The van der Waals surface area contributed by atoms with Crippen molar-refractivity contribution in [2.45, 2.75) is 45.1 Å². The van der Waals surface area contributed by atoms with Gasteiger partial charge >= 0.3 is 0 Å². The third-order valence-corrected chi connectivity index (χ3v) is 3.44. The number of rotatable bonds is 2. The van der Waals surface area contributed by atoms with Crippen LogP contribution in [0.25, 0.3) is 0 Å². The Hall–Kier alpha value is -0.500. The number of allylic oxidation sites excluding steroid dienone is 1. The molecule has 0 aromatic carbocycles. The zero-order valence-electron chi connectivity index (χ0n) is 8.91. The van der Waals surface area contributed by atoms with Crippen LogP contribution in [-0.2, 0) is 4.74 Å². The number of aliphatic hydroxyl groups excluding tert-OH is 1. The molecule has 1 saturated carbocycles. The highest BCUT2D eigenvalue weighted by Gasteiger charge is 2.30. The first-order valence-electron chi connectivity index (χ1n) is 5.78. The Kier molecular flexibility index (Phi) is 3.12. The summed E-state index contributed by atoms with van der Waals surface area (Å²) in [5.74, 6) is 2.06. The Labute approximate surface area is 86.0 Å². The average Bonchev–Trinajstić information content (AvgIpc) is 2.65. The molecule has 2 aliphatic rings. The highest BCUT2D eigenvalue weighted by Crippen LogP contribution is 2.35. The van der Waals surface area contributed by atoms with Gasteiger partial charge in [-0.25, -0.2) is 0 Å². The van der Waals surface area contributed by atoms with Crippen molar-refractivity contribution >= 4 is 0 Å². The molecule has 1 N–H and O–H groups in total. The molecule has 1 heterocycles. The van der Waals surface area contributed by atoms with Crippen molar-refractivity contribution in [1.29, 1.82) is 0 Å². The van der Waals surface area contributed by atoms with E-state index in [1.54, 1.807) is 0 Å². The molecule has 0 bridgehead atoms. The van der Waals surface area contributed by atoms with Gasteiger partial charge in [-0.1, -0.05) is 13.3 Å². The number of ether oxygens (including phenoxy) is 1. The van der Waals surface area contributed by atoms with Gasteiger partial charge in [0.15, 0.2) is 0 Å². The van der Waals surface area contributed by atoms with Gasteiger partial charge < -0.3 is 9.84 Å². The van der Waals surface area contributed by atoms with Crippen molar-refractivity contribution in [2.24, 2.45) is 11.8 Å². The molecule has 1 fully saturated rings. The van der Waals surface area contributed by atoms with E-state index in [0.717, 1.165) is 44.0 Å². The van der Waals surface area contributed by atoms with Crippen LogP contribution in [0, 0.1) is 11.8 Å². The number of aliphatic hydroxyl groups is 1. The second-order valence-corrected chi connectivity index (χ2v) is 4.72. The summed E-state index contributed by atoms with van der Waals surface area (Å²) in [4.78, 5) is 0. The Morgan fingerprint density at radius 1 is 1.50 bits per heavy atom. The lowest BCUT2D eigenvalue weighted by Crippen LogP contribution is -2.24. The van der Waals surface area contributed by atoms with Gasteiger partial charge in [0.2, 0.25) is 0 Å². The van der Waals surface area contributed by atoms with E-state index in [9.17, 15) is 5.11 Å². The molecule has 14 heavy (non-hydrogen) atoms. The molecular weight excluding hydrogens is 176 g/mol. The predicted octanol–water partition coefficient (Wildman–Crippen LogP) is 2.48. The number of hydrogen-bond donors (Lipinski definition) is 1. The monoisotopic (exact) mass is 196 g/mol. The fourth-order valence-electron chi connectivity index (χ4n) is 2.55. The maximum absolute atomic E-state index is 10.1. The van der Waals surface area contributed by atoms with Gasteiger partial charge in [0, 0.05) is 0 Å². The topological polar surface area (TPSA) is 29.5 Å². The zero-order valence-corrected chi connectivity index (χ0v) is 8.91. The molecule has 1 aliphatic carbocycles. The van der Waals surface area contributed by atoms with Crippen molar-refractivity contribution in [1.82, 2.24) is 0 Å². The van der Waals surface area contributed by atoms with Crippen LogP contribution in [-0.4, -0.2) is 17.8 Å². The van der Waals surface area contributed by atoms with Gasteiger partial charge in [0.1, 0.15) is 11.9 Å². The summed E-state index contributed by atoms with van der Waals surface area (Å²) in [5.41, 5.74) is 0. The Morgan fingerprint density at radius 3 is 2.93 bits per heavy atom. The molecule has 3 unspecified atom stereocenters. The van der Waals surface area contributed by atoms with E-state index in [1.807, 2.05) is 0 Å². The minimum atomic E-state index is -0.333. The van der Waals surface area contributed by atoms with Crippen LogP contribution < -0.4 is 0 Å². The van der Waals surface area contributed by atoms with E-state index in [2.05, 4.69) is 13.0 Å². The van der Waals surface area contributed by atoms with Crippen LogP contribution in [0.4, 0.5) is 0 Å². The van der Waals surface area contributed by atoms with Crippen LogP contribution in [0.2, 0.25) is 0 Å². The summed E-state index contributed by atoms with van der Waals surface area (Å²) >= 11 is 0. The van der Waals surface area contributed by atoms with E-state index in [4.69, 9.17) is 4.74 Å². The van der Waals surface area contributed by atoms with Gasteiger partial charge in [-0.05, 0) is 43.6 Å². The van der Waals surface area contributed by atoms with Gasteiger partial charge in [0.05, 0.1) is 6.61 Å². The lowest BCUT2D eigenvalue weighted by molar-refractivity contribution is 0.0558. The second kappa shape index (κ2) is 4.35.